The Morgan fingerprint density at radius 1 is 1.44 bits per heavy atom. The fraction of sp³-hybridized carbons (Fsp3) is 0.222. The van der Waals surface area contributed by atoms with Crippen LogP contribution in [-0.2, 0) is 0 Å². The van der Waals surface area contributed by atoms with E-state index < -0.39 is 6.03 Å². The highest BCUT2D eigenvalue weighted by molar-refractivity contribution is 7.78. The lowest BCUT2D eigenvalue weighted by Crippen LogP contribution is -2.31. The lowest BCUT2D eigenvalue weighted by Gasteiger charge is -2.16. The lowest BCUT2D eigenvalue weighted by molar-refractivity contribution is 0.239. The van der Waals surface area contributed by atoms with Crippen LogP contribution in [0.3, 0.4) is 0 Å². The van der Waals surface area contributed by atoms with Gasteiger partial charge in [-0.05, 0) is 12.1 Å². The number of urea groups is 1. The van der Waals surface area contributed by atoms with E-state index in [-0.39, 0.29) is 0 Å². The van der Waals surface area contributed by atoms with Gasteiger partial charge in [0, 0.05) is 13.1 Å². The third-order valence-corrected chi connectivity index (χ3v) is 2.78. The number of anilines is 1. The van der Waals surface area contributed by atoms with Gasteiger partial charge in [0.05, 0.1) is 15.7 Å². The molecule has 0 aliphatic heterocycles. The van der Waals surface area contributed by atoms with E-state index in [1.807, 2.05) is 0 Å². The molecule has 0 aliphatic rings. The molecule has 0 heterocycles. The fourth-order valence-corrected chi connectivity index (χ4v) is 1.67. The second kappa shape index (κ2) is 6.20. The van der Waals surface area contributed by atoms with Crippen molar-refractivity contribution < 1.29 is 4.79 Å². The van der Waals surface area contributed by atoms with Crippen molar-refractivity contribution in [3.63, 3.8) is 0 Å². The predicted octanol–water partition coefficient (Wildman–Crippen LogP) is 2.63. The largest absolute Gasteiger partial charge is 0.331 e. The minimum Gasteiger partial charge on any atom is -0.329 e. The molecule has 0 unspecified atom stereocenters. The molecule has 0 atom stereocenters. The summed E-state index contributed by atoms with van der Waals surface area (Å²) < 4.78 is 1.15. The van der Waals surface area contributed by atoms with E-state index >= 15 is 0 Å². The van der Waals surface area contributed by atoms with Gasteiger partial charge < -0.3 is 11.1 Å². The number of amides is 2. The molecular weight excluding hydrogens is 269 g/mol. The Hall–Kier alpha value is -0.620. The minimum atomic E-state index is -0.427. The van der Waals surface area contributed by atoms with Crippen molar-refractivity contribution in [3.05, 3.63) is 28.2 Å². The lowest BCUT2D eigenvalue weighted by atomic mass is 10.3. The van der Waals surface area contributed by atoms with Crippen LogP contribution in [0.2, 0.25) is 10.0 Å². The van der Waals surface area contributed by atoms with Crippen LogP contribution in [0.1, 0.15) is 0 Å². The van der Waals surface area contributed by atoms with Crippen LogP contribution in [0.15, 0.2) is 18.2 Å². The molecule has 16 heavy (non-hydrogen) atoms. The molecule has 0 radical (unpaired) electrons. The zero-order chi connectivity index (χ0) is 12.1. The standard InChI is InChI=1S/C9H11Cl2N3OS/c10-6-2-1-3-7(11)8(6)13-9(15)14(16)5-4-12/h1-3,16H,4-5,12H2,(H,13,15). The number of carbonyl (C=O) groups excluding carboxylic acids is 1. The molecule has 0 saturated heterocycles. The van der Waals surface area contributed by atoms with Gasteiger partial charge in [-0.15, -0.1) is 0 Å². The Morgan fingerprint density at radius 2 is 2.00 bits per heavy atom. The fourth-order valence-electron chi connectivity index (χ4n) is 1.01. The van der Waals surface area contributed by atoms with Gasteiger partial charge in [-0.2, -0.15) is 0 Å². The number of rotatable bonds is 3. The average molecular weight is 280 g/mol. The average Bonchev–Trinajstić information content (AvgIpc) is 2.23. The van der Waals surface area contributed by atoms with Gasteiger partial charge in [0.15, 0.2) is 0 Å². The number of nitrogens with zero attached hydrogens (tertiary/aromatic N) is 1. The first-order valence-corrected chi connectivity index (χ1v) is 5.63. The van der Waals surface area contributed by atoms with Crippen molar-refractivity contribution in [2.45, 2.75) is 0 Å². The van der Waals surface area contributed by atoms with Crippen LogP contribution in [0.5, 0.6) is 0 Å². The van der Waals surface area contributed by atoms with Gasteiger partial charge in [0.1, 0.15) is 0 Å². The zero-order valence-corrected chi connectivity index (χ0v) is 10.7. The zero-order valence-electron chi connectivity index (χ0n) is 8.28. The summed E-state index contributed by atoms with van der Waals surface area (Å²) in [6.07, 6.45) is 0. The summed E-state index contributed by atoms with van der Waals surface area (Å²) >= 11 is 15.7. The van der Waals surface area contributed by atoms with Gasteiger partial charge in [-0.25, -0.2) is 4.79 Å². The van der Waals surface area contributed by atoms with Crippen LogP contribution < -0.4 is 11.1 Å². The molecule has 0 bridgehead atoms. The predicted molar refractivity (Wildman–Crippen MR) is 70.2 cm³/mol. The number of nitrogens with one attached hydrogen (secondary N) is 1. The number of para-hydroxylation sites is 1. The van der Waals surface area contributed by atoms with Gasteiger partial charge in [0.25, 0.3) is 0 Å². The summed E-state index contributed by atoms with van der Waals surface area (Å²) in [7, 11) is 0. The third-order valence-electron chi connectivity index (χ3n) is 1.77. The first-order valence-electron chi connectivity index (χ1n) is 4.47. The molecule has 1 aromatic rings. The van der Waals surface area contributed by atoms with Crippen molar-refractivity contribution in [1.82, 2.24) is 4.31 Å². The summed E-state index contributed by atoms with van der Waals surface area (Å²) in [5.74, 6) is 0. The molecule has 1 rings (SSSR count). The molecule has 3 N–H and O–H groups in total. The van der Waals surface area contributed by atoms with Crippen molar-refractivity contribution in [1.29, 1.82) is 0 Å². The van der Waals surface area contributed by atoms with E-state index in [2.05, 4.69) is 18.1 Å². The molecule has 7 heteroatoms. The summed E-state index contributed by atoms with van der Waals surface area (Å²) in [4.78, 5) is 11.6. The van der Waals surface area contributed by atoms with Gasteiger partial charge >= 0.3 is 6.03 Å². The van der Waals surface area contributed by atoms with Gasteiger partial charge in [-0.3, -0.25) is 4.31 Å². The molecule has 4 nitrogen and oxygen atoms in total. The Bertz CT molecular complexity index is 369. The maximum atomic E-state index is 11.6. The number of carbonyl (C=O) groups is 1. The molecule has 0 saturated carbocycles. The Morgan fingerprint density at radius 3 is 2.50 bits per heavy atom. The third kappa shape index (κ3) is 3.45. The van der Waals surface area contributed by atoms with E-state index in [0.717, 1.165) is 4.31 Å². The number of hydrogen-bond acceptors (Lipinski definition) is 3. The Balaban J connectivity index is 2.77. The number of hydrogen-bond donors (Lipinski definition) is 3. The molecular formula is C9H11Cl2N3OS. The van der Waals surface area contributed by atoms with Crippen LogP contribution in [-0.4, -0.2) is 23.4 Å². The van der Waals surface area contributed by atoms with E-state index in [1.165, 1.54) is 0 Å². The minimum absolute atomic E-state index is 0.327. The van der Waals surface area contributed by atoms with E-state index in [9.17, 15) is 4.79 Å². The topological polar surface area (TPSA) is 58.4 Å². The summed E-state index contributed by atoms with van der Waals surface area (Å²) in [5, 5.41) is 3.30. The Labute approximate surface area is 109 Å². The first-order chi connectivity index (χ1) is 7.56. The molecule has 0 aliphatic carbocycles. The molecule has 2 amide bonds. The molecule has 0 aromatic heterocycles. The summed E-state index contributed by atoms with van der Waals surface area (Å²) in [6.45, 7) is 0.657. The highest BCUT2D eigenvalue weighted by Crippen LogP contribution is 2.29. The quantitative estimate of drug-likeness (QED) is 0.745. The second-order valence-electron chi connectivity index (χ2n) is 2.94. The number of halogens is 2. The van der Waals surface area contributed by atoms with Crippen molar-refractivity contribution in [3.8, 4) is 0 Å². The SMILES string of the molecule is NCCN(S)C(=O)Nc1c(Cl)cccc1Cl. The normalized spacial score (nSPS) is 10.0. The molecule has 0 spiro atoms. The van der Waals surface area contributed by atoms with Crippen LogP contribution in [0.25, 0.3) is 0 Å². The number of benzene rings is 1. The van der Waals surface area contributed by atoms with Crippen LogP contribution in [0, 0.1) is 0 Å². The maximum Gasteiger partial charge on any atom is 0.331 e. The van der Waals surface area contributed by atoms with Crippen molar-refractivity contribution in [2.75, 3.05) is 18.4 Å². The summed E-state index contributed by atoms with van der Waals surface area (Å²) in [5.41, 5.74) is 5.67. The molecule has 1 aromatic carbocycles. The first kappa shape index (κ1) is 13.4. The molecule has 0 fully saturated rings. The van der Waals surface area contributed by atoms with Crippen molar-refractivity contribution in [2.24, 2.45) is 5.73 Å². The van der Waals surface area contributed by atoms with E-state index in [0.29, 0.717) is 28.8 Å². The van der Waals surface area contributed by atoms with Crippen molar-refractivity contribution >= 4 is 47.7 Å². The highest BCUT2D eigenvalue weighted by atomic mass is 35.5. The van der Waals surface area contributed by atoms with Crippen LogP contribution in [0.4, 0.5) is 10.5 Å². The number of thiol groups is 1. The smallest absolute Gasteiger partial charge is 0.329 e. The van der Waals surface area contributed by atoms with E-state index in [4.69, 9.17) is 28.9 Å². The van der Waals surface area contributed by atoms with E-state index in [1.54, 1.807) is 18.2 Å². The maximum absolute atomic E-state index is 11.6. The Kier molecular flexibility index (Phi) is 5.21. The highest BCUT2D eigenvalue weighted by Gasteiger charge is 2.12. The van der Waals surface area contributed by atoms with Gasteiger partial charge in [-0.1, -0.05) is 42.1 Å². The second-order valence-corrected chi connectivity index (χ2v) is 4.24. The summed E-state index contributed by atoms with van der Waals surface area (Å²) in [6, 6.07) is 4.53. The monoisotopic (exact) mass is 279 g/mol. The van der Waals surface area contributed by atoms with Crippen LogP contribution >= 0.6 is 36.0 Å². The number of nitrogens with two attached hydrogens (primary N) is 1. The van der Waals surface area contributed by atoms with Gasteiger partial charge in [0.2, 0.25) is 0 Å². The molecule has 88 valence electrons.